The van der Waals surface area contributed by atoms with Gasteiger partial charge in [-0.25, -0.2) is 0 Å². The van der Waals surface area contributed by atoms with E-state index in [0.29, 0.717) is 6.54 Å². The van der Waals surface area contributed by atoms with Crippen LogP contribution in [0.15, 0.2) is 30.3 Å². The highest BCUT2D eigenvalue weighted by atomic mass is 16.3. The van der Waals surface area contributed by atoms with E-state index in [1.165, 1.54) is 24.8 Å². The first-order valence-corrected chi connectivity index (χ1v) is 9.41. The Bertz CT molecular complexity index is 518. The number of aliphatic hydroxyl groups excluding tert-OH is 1. The Hall–Kier alpha value is -1.39. The number of nitrogens with zero attached hydrogens (tertiary/aromatic N) is 1. The van der Waals surface area contributed by atoms with Crippen molar-refractivity contribution < 1.29 is 9.90 Å². The van der Waals surface area contributed by atoms with E-state index in [1.807, 2.05) is 0 Å². The van der Waals surface area contributed by atoms with E-state index in [1.54, 1.807) is 0 Å². The monoisotopic (exact) mass is 330 g/mol. The quantitative estimate of drug-likeness (QED) is 0.872. The highest BCUT2D eigenvalue weighted by molar-refractivity contribution is 5.78. The van der Waals surface area contributed by atoms with Crippen LogP contribution in [0.3, 0.4) is 0 Å². The Labute approximate surface area is 145 Å². The summed E-state index contributed by atoms with van der Waals surface area (Å²) in [5, 5.41) is 12.8. The number of hydrogen-bond donors (Lipinski definition) is 2. The van der Waals surface area contributed by atoms with Gasteiger partial charge in [-0.1, -0.05) is 49.6 Å². The van der Waals surface area contributed by atoms with Crippen molar-refractivity contribution in [1.82, 2.24) is 10.2 Å². The number of likely N-dealkylation sites (tertiary alicyclic amines) is 1. The minimum absolute atomic E-state index is 0.104. The van der Waals surface area contributed by atoms with Crippen LogP contribution < -0.4 is 5.32 Å². The van der Waals surface area contributed by atoms with Crippen LogP contribution in [0.4, 0.5) is 0 Å². The molecular formula is C20H30N2O2. The number of aliphatic hydroxyl groups is 1. The summed E-state index contributed by atoms with van der Waals surface area (Å²) in [7, 11) is 0. The normalized spacial score (nSPS) is 22.2. The largest absolute Gasteiger partial charge is 0.393 e. The average molecular weight is 330 g/mol. The van der Waals surface area contributed by atoms with Crippen molar-refractivity contribution in [2.45, 2.75) is 56.5 Å². The van der Waals surface area contributed by atoms with Crippen LogP contribution in [0.25, 0.3) is 0 Å². The first kappa shape index (κ1) is 17.4. The molecule has 2 aliphatic rings. The van der Waals surface area contributed by atoms with Gasteiger partial charge in [0.2, 0.25) is 5.91 Å². The van der Waals surface area contributed by atoms with Gasteiger partial charge in [-0.3, -0.25) is 9.69 Å². The van der Waals surface area contributed by atoms with Gasteiger partial charge in [0.1, 0.15) is 0 Å². The molecule has 4 nitrogen and oxygen atoms in total. The zero-order valence-electron chi connectivity index (χ0n) is 14.5. The van der Waals surface area contributed by atoms with Gasteiger partial charge in [-0.2, -0.15) is 0 Å². The van der Waals surface area contributed by atoms with Gasteiger partial charge in [0.15, 0.2) is 0 Å². The summed E-state index contributed by atoms with van der Waals surface area (Å²) in [6.07, 6.45) is 7.48. The van der Waals surface area contributed by atoms with Crippen LogP contribution in [0.2, 0.25) is 0 Å². The Morgan fingerprint density at radius 1 is 1.12 bits per heavy atom. The molecule has 0 spiro atoms. The summed E-state index contributed by atoms with van der Waals surface area (Å²) in [4.78, 5) is 14.5. The summed E-state index contributed by atoms with van der Waals surface area (Å²) < 4.78 is 0. The molecule has 1 amide bonds. The third-order valence-corrected chi connectivity index (χ3v) is 5.75. The van der Waals surface area contributed by atoms with Crippen molar-refractivity contribution in [3.05, 3.63) is 35.9 Å². The molecule has 1 saturated carbocycles. The SMILES string of the molecule is O=C(CN1CCC(O)CC1)NCC1(c2ccccc2)CCCCC1. The van der Waals surface area contributed by atoms with E-state index >= 15 is 0 Å². The molecule has 0 bridgehead atoms. The molecule has 2 N–H and O–H groups in total. The lowest BCUT2D eigenvalue weighted by Gasteiger charge is -2.38. The number of nitrogens with one attached hydrogen (secondary N) is 1. The second kappa shape index (κ2) is 8.13. The van der Waals surface area contributed by atoms with Crippen molar-refractivity contribution >= 4 is 5.91 Å². The molecular weight excluding hydrogens is 300 g/mol. The minimum atomic E-state index is -0.187. The summed E-state index contributed by atoms with van der Waals surface area (Å²) in [5.41, 5.74) is 1.47. The van der Waals surface area contributed by atoms with E-state index in [0.717, 1.165) is 45.3 Å². The first-order chi connectivity index (χ1) is 11.7. The molecule has 3 rings (SSSR count). The van der Waals surface area contributed by atoms with E-state index in [9.17, 15) is 9.90 Å². The van der Waals surface area contributed by atoms with Crippen molar-refractivity contribution in [3.63, 3.8) is 0 Å². The zero-order valence-corrected chi connectivity index (χ0v) is 14.5. The topological polar surface area (TPSA) is 52.6 Å². The Morgan fingerprint density at radius 3 is 2.46 bits per heavy atom. The lowest BCUT2D eigenvalue weighted by atomic mass is 9.69. The summed E-state index contributed by atoms with van der Waals surface area (Å²) in [6.45, 7) is 2.83. The van der Waals surface area contributed by atoms with Crippen molar-refractivity contribution in [1.29, 1.82) is 0 Å². The second-order valence-corrected chi connectivity index (χ2v) is 7.49. The number of piperidine rings is 1. The molecule has 0 atom stereocenters. The highest BCUT2D eigenvalue weighted by Crippen LogP contribution is 2.38. The van der Waals surface area contributed by atoms with Gasteiger partial charge in [0.25, 0.3) is 0 Å². The average Bonchev–Trinajstić information content (AvgIpc) is 2.63. The predicted molar refractivity (Wildman–Crippen MR) is 95.9 cm³/mol. The standard InChI is InChI=1S/C20H30N2O2/c23-18-9-13-22(14-10-18)15-19(24)21-16-20(11-5-2-6-12-20)17-7-3-1-4-8-17/h1,3-4,7-8,18,23H,2,5-6,9-16H2,(H,21,24). The van der Waals surface area contributed by atoms with Gasteiger partial charge in [-0.05, 0) is 31.2 Å². The number of hydrogen-bond acceptors (Lipinski definition) is 3. The maximum Gasteiger partial charge on any atom is 0.234 e. The van der Waals surface area contributed by atoms with E-state index in [2.05, 4.69) is 40.5 Å². The predicted octanol–water partition coefficient (Wildman–Crippen LogP) is 2.46. The summed E-state index contributed by atoms with van der Waals surface area (Å²) in [5.74, 6) is 0.118. The third kappa shape index (κ3) is 4.37. The van der Waals surface area contributed by atoms with Gasteiger partial charge in [-0.15, -0.1) is 0 Å². The molecule has 2 fully saturated rings. The molecule has 1 saturated heterocycles. The van der Waals surface area contributed by atoms with Crippen LogP contribution in [0, 0.1) is 0 Å². The molecule has 1 aliphatic heterocycles. The number of benzene rings is 1. The van der Waals surface area contributed by atoms with Gasteiger partial charge < -0.3 is 10.4 Å². The lowest BCUT2D eigenvalue weighted by Crippen LogP contribution is -2.47. The molecule has 132 valence electrons. The molecule has 1 aliphatic carbocycles. The molecule has 4 heteroatoms. The van der Waals surface area contributed by atoms with Crippen molar-refractivity contribution in [2.75, 3.05) is 26.2 Å². The zero-order chi connectivity index (χ0) is 16.8. The summed E-state index contributed by atoms with van der Waals surface area (Å²) in [6, 6.07) is 10.7. The van der Waals surface area contributed by atoms with E-state index in [-0.39, 0.29) is 17.4 Å². The van der Waals surface area contributed by atoms with E-state index < -0.39 is 0 Å². The lowest BCUT2D eigenvalue weighted by molar-refractivity contribution is -0.123. The van der Waals surface area contributed by atoms with Crippen LogP contribution >= 0.6 is 0 Å². The summed E-state index contributed by atoms with van der Waals surface area (Å²) >= 11 is 0. The molecule has 24 heavy (non-hydrogen) atoms. The van der Waals surface area contributed by atoms with Gasteiger partial charge in [0.05, 0.1) is 12.6 Å². The second-order valence-electron chi connectivity index (χ2n) is 7.49. The third-order valence-electron chi connectivity index (χ3n) is 5.75. The van der Waals surface area contributed by atoms with Crippen LogP contribution in [0.1, 0.15) is 50.5 Å². The fourth-order valence-electron chi connectivity index (χ4n) is 4.19. The number of rotatable bonds is 5. The van der Waals surface area contributed by atoms with Crippen LogP contribution in [-0.4, -0.2) is 48.2 Å². The first-order valence-electron chi connectivity index (χ1n) is 9.41. The van der Waals surface area contributed by atoms with Crippen molar-refractivity contribution in [2.24, 2.45) is 0 Å². The maximum atomic E-state index is 12.4. The molecule has 0 aromatic heterocycles. The molecule has 1 aromatic rings. The van der Waals surface area contributed by atoms with Crippen LogP contribution in [-0.2, 0) is 10.2 Å². The van der Waals surface area contributed by atoms with Crippen molar-refractivity contribution in [3.8, 4) is 0 Å². The molecule has 0 unspecified atom stereocenters. The van der Waals surface area contributed by atoms with Crippen LogP contribution in [0.5, 0.6) is 0 Å². The fraction of sp³-hybridized carbons (Fsp3) is 0.650. The Morgan fingerprint density at radius 2 is 1.79 bits per heavy atom. The number of carbonyl (C=O) groups is 1. The Kier molecular flexibility index (Phi) is 5.90. The Balaban J connectivity index is 1.56. The van der Waals surface area contributed by atoms with Gasteiger partial charge in [0, 0.05) is 25.0 Å². The number of amides is 1. The van der Waals surface area contributed by atoms with Gasteiger partial charge >= 0.3 is 0 Å². The maximum absolute atomic E-state index is 12.4. The van der Waals surface area contributed by atoms with E-state index in [4.69, 9.17) is 0 Å². The number of carbonyl (C=O) groups excluding carboxylic acids is 1. The fourth-order valence-corrected chi connectivity index (χ4v) is 4.19. The molecule has 1 aromatic carbocycles. The highest BCUT2D eigenvalue weighted by Gasteiger charge is 2.34. The minimum Gasteiger partial charge on any atom is -0.393 e. The molecule has 1 heterocycles. The smallest absolute Gasteiger partial charge is 0.234 e. The molecule has 0 radical (unpaired) electrons.